The van der Waals surface area contributed by atoms with Crippen LogP contribution < -0.4 is 0 Å². The van der Waals surface area contributed by atoms with Gasteiger partial charge in [-0.3, -0.25) is 0 Å². The average molecular weight is 359 g/mol. The van der Waals surface area contributed by atoms with Crippen LogP contribution in [0.2, 0.25) is 0 Å². The minimum Gasteiger partial charge on any atom is -0.371 e. The Morgan fingerprint density at radius 1 is 0.846 bits per heavy atom. The molecule has 2 atom stereocenters. The number of hydrogen-bond donors (Lipinski definition) is 0. The molecular formula is C24H38O2. The van der Waals surface area contributed by atoms with Crippen LogP contribution in [0.3, 0.4) is 0 Å². The Balaban J connectivity index is 2.34. The highest BCUT2D eigenvalue weighted by molar-refractivity contribution is 5.16. The molecule has 0 fully saturated rings. The quantitative estimate of drug-likeness (QED) is 0.195. The third kappa shape index (κ3) is 10.6. The summed E-state index contributed by atoms with van der Waals surface area (Å²) in [5.41, 5.74) is 2.05. The van der Waals surface area contributed by atoms with Gasteiger partial charge in [-0.05, 0) is 36.8 Å². The van der Waals surface area contributed by atoms with E-state index in [1.165, 1.54) is 25.7 Å². The van der Waals surface area contributed by atoms with Crippen LogP contribution in [0.4, 0.5) is 0 Å². The minimum atomic E-state index is 0.0951. The Bertz CT molecular complexity index is 440. The van der Waals surface area contributed by atoms with Gasteiger partial charge in [0.05, 0.1) is 25.4 Å². The second-order valence-corrected chi connectivity index (χ2v) is 7.05. The molecule has 0 amide bonds. The lowest BCUT2D eigenvalue weighted by atomic mass is 10.0. The zero-order valence-electron chi connectivity index (χ0n) is 16.9. The summed E-state index contributed by atoms with van der Waals surface area (Å²) in [5.74, 6) is 0. The van der Waals surface area contributed by atoms with E-state index in [-0.39, 0.29) is 12.2 Å². The van der Waals surface area contributed by atoms with Crippen molar-refractivity contribution < 1.29 is 9.47 Å². The Morgan fingerprint density at radius 2 is 1.27 bits per heavy atom. The molecule has 1 aliphatic rings. The Labute approximate surface area is 161 Å². The molecule has 0 bridgehead atoms. The summed E-state index contributed by atoms with van der Waals surface area (Å²) in [7, 11) is 0. The fourth-order valence-corrected chi connectivity index (χ4v) is 2.78. The molecule has 0 aromatic carbocycles. The lowest BCUT2D eigenvalue weighted by molar-refractivity contribution is -0.0604. The third-order valence-electron chi connectivity index (χ3n) is 4.44. The monoisotopic (exact) mass is 358 g/mol. The summed E-state index contributed by atoms with van der Waals surface area (Å²) < 4.78 is 12.2. The molecule has 0 heterocycles. The number of rotatable bonds is 14. The van der Waals surface area contributed by atoms with Crippen LogP contribution in [0.1, 0.15) is 65.2 Å². The van der Waals surface area contributed by atoms with Gasteiger partial charge in [0.2, 0.25) is 0 Å². The zero-order chi connectivity index (χ0) is 19.0. The van der Waals surface area contributed by atoms with Gasteiger partial charge in [-0.25, -0.2) is 0 Å². The zero-order valence-corrected chi connectivity index (χ0v) is 16.9. The standard InChI is InChI=1S/C24H38O2/c1-5-7-9-11-15-21(3)19-25-23-17-13-14-18-24(23)26-20-22(4)16-12-10-8-6-2/h11-16,23-24H,3-10,17-20H2,1-2H3/b15-11+,16-12+/t23-,24+. The Morgan fingerprint density at radius 3 is 1.65 bits per heavy atom. The summed E-state index contributed by atoms with van der Waals surface area (Å²) in [4.78, 5) is 0. The van der Waals surface area contributed by atoms with E-state index in [2.05, 4.69) is 63.5 Å². The molecule has 0 radical (unpaired) electrons. The van der Waals surface area contributed by atoms with Gasteiger partial charge < -0.3 is 9.47 Å². The first-order valence-corrected chi connectivity index (χ1v) is 10.2. The summed E-state index contributed by atoms with van der Waals surface area (Å²) >= 11 is 0. The minimum absolute atomic E-state index is 0.0951. The third-order valence-corrected chi connectivity index (χ3v) is 4.44. The van der Waals surface area contributed by atoms with Crippen LogP contribution in [0.15, 0.2) is 60.8 Å². The lowest BCUT2D eigenvalue weighted by Gasteiger charge is -2.29. The maximum absolute atomic E-state index is 6.09. The van der Waals surface area contributed by atoms with Crippen molar-refractivity contribution in [1.29, 1.82) is 0 Å². The summed E-state index contributed by atoms with van der Waals surface area (Å²) in [6.45, 7) is 13.7. The second kappa shape index (κ2) is 14.8. The molecule has 0 saturated heterocycles. The van der Waals surface area contributed by atoms with Crippen molar-refractivity contribution >= 4 is 0 Å². The highest BCUT2D eigenvalue weighted by Gasteiger charge is 2.23. The summed E-state index contributed by atoms with van der Waals surface area (Å²) in [6.07, 6.45) is 22.0. The fourth-order valence-electron chi connectivity index (χ4n) is 2.78. The van der Waals surface area contributed by atoms with Crippen molar-refractivity contribution in [2.24, 2.45) is 0 Å². The van der Waals surface area contributed by atoms with E-state index >= 15 is 0 Å². The first kappa shape index (κ1) is 22.7. The van der Waals surface area contributed by atoms with Gasteiger partial charge in [-0.2, -0.15) is 0 Å². The van der Waals surface area contributed by atoms with Gasteiger partial charge in [-0.1, -0.05) is 89.1 Å². The van der Waals surface area contributed by atoms with Crippen molar-refractivity contribution in [3.8, 4) is 0 Å². The van der Waals surface area contributed by atoms with Gasteiger partial charge in [0.1, 0.15) is 0 Å². The Kier molecular flexibility index (Phi) is 12.9. The van der Waals surface area contributed by atoms with Crippen LogP contribution in [-0.2, 0) is 9.47 Å². The molecule has 2 nitrogen and oxygen atoms in total. The van der Waals surface area contributed by atoms with Crippen LogP contribution in [0, 0.1) is 0 Å². The number of ether oxygens (including phenoxy) is 2. The van der Waals surface area contributed by atoms with Crippen LogP contribution in [0.25, 0.3) is 0 Å². The number of hydrogen-bond acceptors (Lipinski definition) is 2. The number of unbranched alkanes of at least 4 members (excludes halogenated alkanes) is 4. The fraction of sp³-hybridized carbons (Fsp3) is 0.583. The number of allylic oxidation sites excluding steroid dienone is 2. The smallest absolute Gasteiger partial charge is 0.0878 e. The van der Waals surface area contributed by atoms with Crippen LogP contribution in [0.5, 0.6) is 0 Å². The molecule has 0 aromatic heterocycles. The first-order valence-electron chi connectivity index (χ1n) is 10.2. The van der Waals surface area contributed by atoms with Crippen molar-refractivity contribution in [3.05, 3.63) is 60.8 Å². The molecule has 0 spiro atoms. The van der Waals surface area contributed by atoms with Crippen molar-refractivity contribution in [2.75, 3.05) is 13.2 Å². The molecule has 0 unspecified atom stereocenters. The van der Waals surface area contributed by atoms with Gasteiger partial charge in [0.15, 0.2) is 0 Å². The Hall–Kier alpha value is -1.38. The van der Waals surface area contributed by atoms with E-state index in [0.29, 0.717) is 13.2 Å². The van der Waals surface area contributed by atoms with Gasteiger partial charge in [0.25, 0.3) is 0 Å². The topological polar surface area (TPSA) is 18.5 Å². The molecule has 0 aromatic rings. The summed E-state index contributed by atoms with van der Waals surface area (Å²) in [6, 6.07) is 0. The predicted octanol–water partition coefficient (Wildman–Crippen LogP) is 6.71. The molecule has 0 aliphatic heterocycles. The highest BCUT2D eigenvalue weighted by Crippen LogP contribution is 2.20. The van der Waals surface area contributed by atoms with Crippen LogP contribution in [-0.4, -0.2) is 25.4 Å². The van der Waals surface area contributed by atoms with E-state index in [1.807, 2.05) is 0 Å². The molecule has 2 heteroatoms. The molecular weight excluding hydrogens is 320 g/mol. The average Bonchev–Trinajstić information content (AvgIpc) is 2.66. The van der Waals surface area contributed by atoms with Crippen molar-refractivity contribution in [2.45, 2.75) is 77.4 Å². The van der Waals surface area contributed by atoms with E-state index in [0.717, 1.165) is 36.8 Å². The molecule has 146 valence electrons. The molecule has 0 N–H and O–H groups in total. The molecule has 1 aliphatic carbocycles. The van der Waals surface area contributed by atoms with E-state index in [4.69, 9.17) is 9.47 Å². The van der Waals surface area contributed by atoms with Gasteiger partial charge in [-0.15, -0.1) is 0 Å². The van der Waals surface area contributed by atoms with Crippen molar-refractivity contribution in [3.63, 3.8) is 0 Å². The normalized spacial score (nSPS) is 20.2. The van der Waals surface area contributed by atoms with E-state index in [9.17, 15) is 0 Å². The highest BCUT2D eigenvalue weighted by atomic mass is 16.5. The largest absolute Gasteiger partial charge is 0.371 e. The van der Waals surface area contributed by atoms with E-state index in [1.54, 1.807) is 0 Å². The van der Waals surface area contributed by atoms with Crippen LogP contribution >= 0.6 is 0 Å². The van der Waals surface area contributed by atoms with E-state index < -0.39 is 0 Å². The lowest BCUT2D eigenvalue weighted by Crippen LogP contribution is -2.33. The van der Waals surface area contributed by atoms with Gasteiger partial charge >= 0.3 is 0 Å². The van der Waals surface area contributed by atoms with Crippen molar-refractivity contribution in [1.82, 2.24) is 0 Å². The summed E-state index contributed by atoms with van der Waals surface area (Å²) in [5, 5.41) is 0. The second-order valence-electron chi connectivity index (χ2n) is 7.05. The maximum atomic E-state index is 6.09. The first-order chi connectivity index (χ1) is 12.7. The predicted molar refractivity (Wildman–Crippen MR) is 113 cm³/mol. The molecule has 1 rings (SSSR count). The molecule has 0 saturated carbocycles. The molecule has 26 heavy (non-hydrogen) atoms. The SMILES string of the molecule is C=C(/C=C/CCCC)CO[C@H]1CC=CC[C@H]1OCC(=C)/C=C/CCCC. The maximum Gasteiger partial charge on any atom is 0.0878 e. The van der Waals surface area contributed by atoms with Gasteiger partial charge in [0, 0.05) is 0 Å².